The fourth-order valence-electron chi connectivity index (χ4n) is 3.74. The van der Waals surface area contributed by atoms with E-state index in [1.54, 1.807) is 16.7 Å². The molecule has 3 N–H and O–H groups in total. The Morgan fingerprint density at radius 3 is 2.31 bits per heavy atom. The number of rotatable bonds is 7. The van der Waals surface area contributed by atoms with Crippen LogP contribution in [0.15, 0.2) is 78.9 Å². The molecule has 1 fully saturated rings. The first kappa shape index (κ1) is 25.0. The van der Waals surface area contributed by atoms with E-state index in [9.17, 15) is 14.2 Å². The number of thioether (sulfide) groups is 1. The summed E-state index contributed by atoms with van der Waals surface area (Å²) in [5.41, 5.74) is 3.50. The fourth-order valence-corrected chi connectivity index (χ4v) is 5.11. The van der Waals surface area contributed by atoms with Crippen molar-refractivity contribution in [2.75, 3.05) is 18.1 Å². The molecule has 2 amide bonds. The van der Waals surface area contributed by atoms with E-state index in [1.165, 1.54) is 24.3 Å². The van der Waals surface area contributed by atoms with Crippen molar-refractivity contribution in [1.82, 2.24) is 10.2 Å². The third-order valence-electron chi connectivity index (χ3n) is 5.48. The Hall–Kier alpha value is -3.10. The van der Waals surface area contributed by atoms with Crippen molar-refractivity contribution in [2.45, 2.75) is 12.6 Å². The molecule has 0 aromatic heterocycles. The van der Waals surface area contributed by atoms with E-state index in [2.05, 4.69) is 22.0 Å². The normalized spacial score (nSPS) is 16.5. The molecular weight excluding hydrogens is 487 g/mol. The Labute approximate surface area is 207 Å². The zero-order valence-corrected chi connectivity index (χ0v) is 20.5. The minimum atomic E-state index is -4.68. The largest absolute Gasteiger partial charge is 0.524 e. The number of amides is 2. The van der Waals surface area contributed by atoms with Gasteiger partial charge in [0.25, 0.3) is 5.91 Å². The topological polar surface area (TPSA) is 116 Å². The Kier molecular flexibility index (Phi) is 7.93. The number of nitrogens with zero attached hydrogens (tertiary/aromatic N) is 1. The molecule has 1 heterocycles. The molecule has 8 nitrogen and oxygen atoms in total. The highest BCUT2D eigenvalue weighted by molar-refractivity contribution is 7.99. The summed E-state index contributed by atoms with van der Waals surface area (Å²) in [5, 5.41) is 2.79. The summed E-state index contributed by atoms with van der Waals surface area (Å²) >= 11 is 1.60. The zero-order valence-electron chi connectivity index (χ0n) is 18.7. The van der Waals surface area contributed by atoms with Gasteiger partial charge in [-0.2, -0.15) is 11.8 Å². The molecule has 10 heteroatoms. The van der Waals surface area contributed by atoms with Gasteiger partial charge < -0.3 is 14.7 Å². The van der Waals surface area contributed by atoms with Crippen LogP contribution in [0, 0.1) is 0 Å². The van der Waals surface area contributed by atoms with Gasteiger partial charge in [0.2, 0.25) is 5.91 Å². The maximum absolute atomic E-state index is 13.2. The van der Waals surface area contributed by atoms with Gasteiger partial charge in [0.15, 0.2) is 0 Å². The van der Waals surface area contributed by atoms with Crippen molar-refractivity contribution in [3.63, 3.8) is 0 Å². The van der Waals surface area contributed by atoms with Crippen LogP contribution in [-0.2, 0) is 15.9 Å². The Morgan fingerprint density at radius 1 is 1.00 bits per heavy atom. The second-order valence-electron chi connectivity index (χ2n) is 8.03. The molecule has 1 atom stereocenters. The molecule has 3 aromatic rings. The van der Waals surface area contributed by atoms with Crippen LogP contribution in [0.25, 0.3) is 11.1 Å². The van der Waals surface area contributed by atoms with Crippen molar-refractivity contribution in [1.29, 1.82) is 0 Å². The van der Waals surface area contributed by atoms with E-state index >= 15 is 0 Å². The van der Waals surface area contributed by atoms with E-state index in [-0.39, 0.29) is 17.2 Å². The van der Waals surface area contributed by atoms with Crippen LogP contribution in [0.3, 0.4) is 0 Å². The molecule has 0 bridgehead atoms. The van der Waals surface area contributed by atoms with Crippen molar-refractivity contribution in [2.24, 2.45) is 0 Å². The third-order valence-corrected chi connectivity index (χ3v) is 6.97. The van der Waals surface area contributed by atoms with Crippen LogP contribution in [0.1, 0.15) is 15.9 Å². The van der Waals surface area contributed by atoms with Gasteiger partial charge in [-0.05, 0) is 41.0 Å². The van der Waals surface area contributed by atoms with Crippen LogP contribution in [0.2, 0.25) is 0 Å². The van der Waals surface area contributed by atoms with Crippen LogP contribution in [0.5, 0.6) is 5.75 Å². The Balaban J connectivity index is 1.39. The Bertz CT molecular complexity index is 1210. The molecule has 182 valence electrons. The number of phosphoric acid groups is 1. The molecule has 0 unspecified atom stereocenters. The maximum atomic E-state index is 13.2. The highest BCUT2D eigenvalue weighted by Gasteiger charge is 2.29. The van der Waals surface area contributed by atoms with Gasteiger partial charge >= 0.3 is 7.82 Å². The zero-order chi connectivity index (χ0) is 24.8. The lowest BCUT2D eigenvalue weighted by Gasteiger charge is -2.25. The van der Waals surface area contributed by atoms with Gasteiger partial charge in [-0.25, -0.2) is 4.57 Å². The number of hydrogen-bond acceptors (Lipinski definition) is 5. The average molecular weight is 513 g/mol. The maximum Gasteiger partial charge on any atom is 0.524 e. The Morgan fingerprint density at radius 2 is 1.66 bits per heavy atom. The number of carbonyl (C=O) groups is 2. The van der Waals surface area contributed by atoms with Crippen LogP contribution < -0.4 is 9.84 Å². The highest BCUT2D eigenvalue weighted by Crippen LogP contribution is 2.37. The summed E-state index contributed by atoms with van der Waals surface area (Å²) in [7, 11) is -4.68. The summed E-state index contributed by atoms with van der Waals surface area (Å²) in [6, 6.07) is 22.9. The second-order valence-corrected chi connectivity index (χ2v) is 10.3. The van der Waals surface area contributed by atoms with Gasteiger partial charge in [0.05, 0.1) is 0 Å². The average Bonchev–Trinajstić information content (AvgIpc) is 3.01. The van der Waals surface area contributed by atoms with E-state index < -0.39 is 19.8 Å². The lowest BCUT2D eigenvalue weighted by molar-refractivity contribution is -0.132. The molecule has 0 saturated carbocycles. The number of nitrogens with one attached hydrogen (secondary N) is 1. The van der Waals surface area contributed by atoms with E-state index in [0.29, 0.717) is 18.8 Å². The number of phosphoric ester groups is 1. The SMILES string of the molecule is O=C(N[C@H]1CSCCN(Cc2ccc(-c3ccccc3)cc2)C1=O)c1ccc(OP(=O)(O)O)cc1. The second kappa shape index (κ2) is 11.1. The molecule has 35 heavy (non-hydrogen) atoms. The number of hydrogen-bond donors (Lipinski definition) is 3. The van der Waals surface area contributed by atoms with Gasteiger partial charge in [-0.1, -0.05) is 54.6 Å². The molecule has 1 saturated heterocycles. The van der Waals surface area contributed by atoms with Gasteiger partial charge in [-0.3, -0.25) is 19.4 Å². The van der Waals surface area contributed by atoms with Crippen molar-refractivity contribution in [3.05, 3.63) is 90.0 Å². The quantitative estimate of drug-likeness (QED) is 0.414. The third kappa shape index (κ3) is 6.96. The van der Waals surface area contributed by atoms with E-state index in [1.807, 2.05) is 42.5 Å². The lowest BCUT2D eigenvalue weighted by Crippen LogP contribution is -2.48. The summed E-state index contributed by atoms with van der Waals surface area (Å²) in [5.74, 6) is 0.598. The standard InChI is InChI=1S/C25H25N2O6PS/c28-24(21-10-12-22(13-11-21)33-34(30,31)32)26-23-17-35-15-14-27(25(23)29)16-18-6-8-20(9-7-18)19-4-2-1-3-5-19/h1-13,23H,14-17H2,(H,26,28)(H2,30,31,32)/t23-/m0/s1. The molecule has 3 aromatic carbocycles. The first-order valence-electron chi connectivity index (χ1n) is 11.0. The first-order chi connectivity index (χ1) is 16.8. The van der Waals surface area contributed by atoms with Gasteiger partial charge in [-0.15, -0.1) is 0 Å². The summed E-state index contributed by atoms with van der Waals surface area (Å²) < 4.78 is 15.4. The molecule has 0 spiro atoms. The minimum Gasteiger partial charge on any atom is -0.404 e. The molecule has 1 aliphatic heterocycles. The van der Waals surface area contributed by atoms with Gasteiger partial charge in [0.1, 0.15) is 11.8 Å². The number of carbonyl (C=O) groups excluding carboxylic acids is 2. The summed E-state index contributed by atoms with van der Waals surface area (Å²) in [6.07, 6.45) is 0. The summed E-state index contributed by atoms with van der Waals surface area (Å²) in [4.78, 5) is 45.5. The monoisotopic (exact) mass is 512 g/mol. The van der Waals surface area contributed by atoms with E-state index in [0.717, 1.165) is 22.4 Å². The smallest absolute Gasteiger partial charge is 0.404 e. The molecular formula is C25H25N2O6PS. The van der Waals surface area contributed by atoms with Crippen molar-refractivity contribution in [3.8, 4) is 16.9 Å². The highest BCUT2D eigenvalue weighted by atomic mass is 32.2. The molecule has 4 rings (SSSR count). The fraction of sp³-hybridized carbons (Fsp3) is 0.200. The summed E-state index contributed by atoms with van der Waals surface area (Å²) in [6.45, 7) is 1.04. The lowest BCUT2D eigenvalue weighted by atomic mass is 10.0. The van der Waals surface area contributed by atoms with Crippen molar-refractivity contribution < 1.29 is 28.5 Å². The molecule has 0 radical (unpaired) electrons. The predicted octanol–water partition coefficient (Wildman–Crippen LogP) is 3.70. The van der Waals surface area contributed by atoms with E-state index in [4.69, 9.17) is 9.79 Å². The van der Waals surface area contributed by atoms with Crippen LogP contribution in [-0.4, -0.2) is 50.6 Å². The van der Waals surface area contributed by atoms with Crippen LogP contribution in [0.4, 0.5) is 0 Å². The first-order valence-corrected chi connectivity index (χ1v) is 13.6. The molecule has 1 aliphatic rings. The predicted molar refractivity (Wildman–Crippen MR) is 135 cm³/mol. The minimum absolute atomic E-state index is 0.0551. The van der Waals surface area contributed by atoms with Crippen LogP contribution >= 0.6 is 19.6 Å². The van der Waals surface area contributed by atoms with Gasteiger partial charge in [0, 0.05) is 30.2 Å². The molecule has 0 aliphatic carbocycles. The number of benzene rings is 3. The van der Waals surface area contributed by atoms with Crippen molar-refractivity contribution >= 4 is 31.4 Å².